The van der Waals surface area contributed by atoms with Crippen LogP contribution in [0.1, 0.15) is 32.1 Å². The monoisotopic (exact) mass is 240 g/mol. The first-order valence-corrected chi connectivity index (χ1v) is 8.15. The summed E-state index contributed by atoms with van der Waals surface area (Å²) < 4.78 is 0. The van der Waals surface area contributed by atoms with Crippen LogP contribution in [0.3, 0.4) is 0 Å². The highest BCUT2D eigenvalue weighted by Crippen LogP contribution is 2.32. The highest BCUT2D eigenvalue weighted by molar-refractivity contribution is 7.99. The van der Waals surface area contributed by atoms with Crippen molar-refractivity contribution in [3.63, 3.8) is 0 Å². The van der Waals surface area contributed by atoms with Crippen LogP contribution in [0.4, 0.5) is 0 Å². The van der Waals surface area contributed by atoms with Crippen LogP contribution in [0.25, 0.3) is 0 Å². The zero-order valence-electron chi connectivity index (χ0n) is 10.3. The smallest absolute Gasteiger partial charge is 0.0226 e. The number of thioether (sulfide) groups is 1. The molecule has 0 radical (unpaired) electrons. The van der Waals surface area contributed by atoms with E-state index in [1.54, 1.807) is 0 Å². The van der Waals surface area contributed by atoms with Crippen LogP contribution >= 0.6 is 11.8 Å². The van der Waals surface area contributed by atoms with Gasteiger partial charge in [-0.25, -0.2) is 0 Å². The minimum absolute atomic E-state index is 0.813. The minimum Gasteiger partial charge on any atom is -0.310 e. The lowest BCUT2D eigenvalue weighted by Gasteiger charge is -2.46. The first kappa shape index (κ1) is 11.4. The molecule has 0 aromatic carbocycles. The summed E-state index contributed by atoms with van der Waals surface area (Å²) in [6, 6.07) is 1.64. The van der Waals surface area contributed by atoms with E-state index in [-0.39, 0.29) is 0 Å². The Balaban J connectivity index is 1.52. The lowest BCUT2D eigenvalue weighted by atomic mass is 9.83. The molecule has 1 aliphatic carbocycles. The van der Waals surface area contributed by atoms with E-state index < -0.39 is 0 Å². The van der Waals surface area contributed by atoms with E-state index in [0.717, 1.165) is 23.3 Å². The fourth-order valence-corrected chi connectivity index (χ4v) is 4.56. The lowest BCUT2D eigenvalue weighted by Crippen LogP contribution is -2.57. The van der Waals surface area contributed by atoms with Crippen LogP contribution in [0.2, 0.25) is 0 Å². The Morgan fingerprint density at radius 3 is 2.50 bits per heavy atom. The predicted molar refractivity (Wildman–Crippen MR) is 71.0 cm³/mol. The second-order valence-corrected chi connectivity index (χ2v) is 6.92. The highest BCUT2D eigenvalue weighted by atomic mass is 32.2. The van der Waals surface area contributed by atoms with Crippen LogP contribution in [0.5, 0.6) is 0 Å². The largest absolute Gasteiger partial charge is 0.310 e. The zero-order valence-corrected chi connectivity index (χ0v) is 11.1. The van der Waals surface area contributed by atoms with Gasteiger partial charge in [0.2, 0.25) is 0 Å². The number of fused-ring (bicyclic) bond motifs is 3. The highest BCUT2D eigenvalue weighted by Gasteiger charge is 2.36. The first-order chi connectivity index (χ1) is 7.85. The number of hydrogen-bond donors (Lipinski definition) is 1. The summed E-state index contributed by atoms with van der Waals surface area (Å²) in [5.41, 5.74) is 0. The molecule has 0 amide bonds. The summed E-state index contributed by atoms with van der Waals surface area (Å²) in [5, 5.41) is 4.89. The van der Waals surface area contributed by atoms with E-state index in [1.165, 1.54) is 51.7 Å². The van der Waals surface area contributed by atoms with Crippen molar-refractivity contribution in [2.45, 2.75) is 49.4 Å². The third-order valence-electron chi connectivity index (χ3n) is 4.82. The summed E-state index contributed by atoms with van der Waals surface area (Å²) in [6.07, 6.45) is 9.40. The van der Waals surface area contributed by atoms with Crippen molar-refractivity contribution in [3.8, 4) is 0 Å². The number of nitrogens with zero attached hydrogens (tertiary/aromatic N) is 1. The van der Waals surface area contributed by atoms with Gasteiger partial charge < -0.3 is 10.2 Å². The molecule has 3 aliphatic heterocycles. The molecule has 0 spiro atoms. The van der Waals surface area contributed by atoms with E-state index in [2.05, 4.69) is 28.2 Å². The normalized spacial score (nSPS) is 47.4. The minimum atomic E-state index is 0.813. The van der Waals surface area contributed by atoms with E-state index in [9.17, 15) is 0 Å². The number of rotatable bonds is 3. The van der Waals surface area contributed by atoms with Crippen molar-refractivity contribution in [3.05, 3.63) is 0 Å². The molecule has 4 rings (SSSR count). The Hall–Kier alpha value is 0.270. The van der Waals surface area contributed by atoms with Gasteiger partial charge >= 0.3 is 0 Å². The van der Waals surface area contributed by atoms with Crippen molar-refractivity contribution in [2.75, 3.05) is 25.9 Å². The fraction of sp³-hybridized carbons (Fsp3) is 1.00. The van der Waals surface area contributed by atoms with E-state index in [0.29, 0.717) is 0 Å². The van der Waals surface area contributed by atoms with Gasteiger partial charge in [0.25, 0.3) is 0 Å². The van der Waals surface area contributed by atoms with Crippen LogP contribution < -0.4 is 5.32 Å². The average molecular weight is 240 g/mol. The Labute approximate surface area is 104 Å². The maximum atomic E-state index is 3.96. The molecule has 2 nitrogen and oxygen atoms in total. The van der Waals surface area contributed by atoms with Crippen molar-refractivity contribution in [1.82, 2.24) is 10.2 Å². The maximum Gasteiger partial charge on any atom is 0.0226 e. The molecule has 1 saturated carbocycles. The van der Waals surface area contributed by atoms with Gasteiger partial charge in [0.15, 0.2) is 0 Å². The molecule has 2 bridgehead atoms. The standard InChI is InChI=1S/C13H24N2S/c1-16-12-3-2-11(8-12)14-13-9-15-6-4-10(13)5-7-15/h10-14H,2-9H2,1H3. The molecule has 0 aromatic heterocycles. The molecule has 16 heavy (non-hydrogen) atoms. The van der Waals surface area contributed by atoms with Gasteiger partial charge in [-0.1, -0.05) is 0 Å². The first-order valence-electron chi connectivity index (χ1n) is 6.86. The Morgan fingerprint density at radius 2 is 1.94 bits per heavy atom. The van der Waals surface area contributed by atoms with E-state index in [4.69, 9.17) is 0 Å². The summed E-state index contributed by atoms with van der Waals surface area (Å²) in [4.78, 5) is 2.65. The van der Waals surface area contributed by atoms with Crippen LogP contribution in [0.15, 0.2) is 0 Å². The van der Waals surface area contributed by atoms with Gasteiger partial charge in [-0.15, -0.1) is 0 Å². The SMILES string of the molecule is CSC1CCC(NC2CN3CCC2CC3)C1. The van der Waals surface area contributed by atoms with Gasteiger partial charge in [-0.05, 0) is 57.4 Å². The van der Waals surface area contributed by atoms with Gasteiger partial charge in [0.05, 0.1) is 0 Å². The molecular formula is C13H24N2S. The molecule has 4 fully saturated rings. The maximum absolute atomic E-state index is 3.96. The lowest BCUT2D eigenvalue weighted by molar-refractivity contribution is 0.0674. The summed E-state index contributed by atoms with van der Waals surface area (Å²) in [6.45, 7) is 4.05. The van der Waals surface area contributed by atoms with Gasteiger partial charge in [0, 0.05) is 23.9 Å². The molecule has 4 aliphatic rings. The van der Waals surface area contributed by atoms with Crippen molar-refractivity contribution < 1.29 is 0 Å². The average Bonchev–Trinajstić information content (AvgIpc) is 2.78. The van der Waals surface area contributed by atoms with E-state index in [1.807, 2.05) is 0 Å². The third-order valence-corrected chi connectivity index (χ3v) is 5.92. The Morgan fingerprint density at radius 1 is 1.12 bits per heavy atom. The quantitative estimate of drug-likeness (QED) is 0.812. The van der Waals surface area contributed by atoms with Crippen molar-refractivity contribution >= 4 is 11.8 Å². The second-order valence-electron chi connectivity index (χ2n) is 5.78. The van der Waals surface area contributed by atoms with Crippen LogP contribution in [-0.2, 0) is 0 Å². The molecule has 3 saturated heterocycles. The molecule has 3 heteroatoms. The van der Waals surface area contributed by atoms with E-state index >= 15 is 0 Å². The summed E-state index contributed by atoms with van der Waals surface area (Å²) >= 11 is 2.06. The number of hydrogen-bond acceptors (Lipinski definition) is 3. The molecule has 3 atom stereocenters. The summed E-state index contributed by atoms with van der Waals surface area (Å²) in [7, 11) is 0. The second kappa shape index (κ2) is 4.87. The van der Waals surface area contributed by atoms with Crippen molar-refractivity contribution in [2.24, 2.45) is 5.92 Å². The molecule has 1 N–H and O–H groups in total. The number of nitrogens with one attached hydrogen (secondary N) is 1. The van der Waals surface area contributed by atoms with Gasteiger partial charge in [0.1, 0.15) is 0 Å². The Kier molecular flexibility index (Phi) is 3.46. The van der Waals surface area contributed by atoms with Crippen molar-refractivity contribution in [1.29, 1.82) is 0 Å². The van der Waals surface area contributed by atoms with Gasteiger partial charge in [-0.2, -0.15) is 11.8 Å². The fourth-order valence-electron chi connectivity index (χ4n) is 3.76. The molecular weight excluding hydrogens is 216 g/mol. The van der Waals surface area contributed by atoms with Gasteiger partial charge in [-0.3, -0.25) is 0 Å². The zero-order chi connectivity index (χ0) is 11.0. The summed E-state index contributed by atoms with van der Waals surface area (Å²) in [5.74, 6) is 0.985. The predicted octanol–water partition coefficient (Wildman–Crippen LogP) is 1.95. The molecule has 0 aromatic rings. The molecule has 3 unspecified atom stereocenters. The number of piperidine rings is 3. The van der Waals surface area contributed by atoms with Crippen LogP contribution in [-0.4, -0.2) is 48.1 Å². The third kappa shape index (κ3) is 2.27. The molecule has 92 valence electrons. The topological polar surface area (TPSA) is 15.3 Å². The molecule has 3 heterocycles. The van der Waals surface area contributed by atoms with Crippen LogP contribution in [0, 0.1) is 5.92 Å². The Bertz CT molecular complexity index is 238.